The molecule has 2 fully saturated rings. The molecule has 3 aromatic heterocycles. The molecule has 0 N–H and O–H groups in total. The number of piperazine rings is 1. The molecule has 0 unspecified atom stereocenters. The van der Waals surface area contributed by atoms with Gasteiger partial charge in [-0.15, -0.1) is 0 Å². The van der Waals surface area contributed by atoms with Crippen molar-refractivity contribution in [2.45, 2.75) is 65.8 Å². The third kappa shape index (κ3) is 6.40. The van der Waals surface area contributed by atoms with Gasteiger partial charge in [0.15, 0.2) is 5.65 Å². The molecule has 2 aliphatic rings. The van der Waals surface area contributed by atoms with Gasteiger partial charge in [-0.1, -0.05) is 33.3 Å². The first-order valence-corrected chi connectivity index (χ1v) is 15.0. The maximum atomic E-state index is 13.3. The standard InChI is InChI=1S/C30H44N8O/c1-4-8-25-9-7-10-26(34-25)21-38-29-27(19-33-38)28(31-22-32-29)36-15-17-37(18-16-36)30(39)24-13-11-23(12-14-24)20-35(5-2)6-3/h7,9-10,19,22-24H,4-6,8,11-18,20-21H2,1-3H3. The van der Waals surface area contributed by atoms with Crippen molar-refractivity contribution in [2.75, 3.05) is 50.7 Å². The molecule has 4 heterocycles. The Hall–Kier alpha value is -3.07. The van der Waals surface area contributed by atoms with E-state index in [1.54, 1.807) is 6.33 Å². The average Bonchev–Trinajstić information content (AvgIpc) is 3.39. The largest absolute Gasteiger partial charge is 0.352 e. The van der Waals surface area contributed by atoms with Gasteiger partial charge in [-0.2, -0.15) is 5.10 Å². The van der Waals surface area contributed by atoms with Crippen molar-refractivity contribution in [3.8, 4) is 0 Å². The molecule has 1 aliphatic carbocycles. The van der Waals surface area contributed by atoms with Gasteiger partial charge in [0, 0.05) is 44.3 Å². The zero-order valence-corrected chi connectivity index (χ0v) is 23.9. The van der Waals surface area contributed by atoms with Crippen LogP contribution in [0, 0.1) is 11.8 Å². The van der Waals surface area contributed by atoms with Crippen LogP contribution in [-0.4, -0.2) is 86.3 Å². The van der Waals surface area contributed by atoms with E-state index >= 15 is 0 Å². The summed E-state index contributed by atoms with van der Waals surface area (Å²) in [5.41, 5.74) is 2.92. The smallest absolute Gasteiger partial charge is 0.225 e. The van der Waals surface area contributed by atoms with E-state index in [2.05, 4.69) is 62.7 Å². The molecule has 9 nitrogen and oxygen atoms in total. The minimum atomic E-state index is 0.193. The molecule has 3 aromatic rings. The molecule has 1 saturated carbocycles. The summed E-state index contributed by atoms with van der Waals surface area (Å²) in [5, 5.41) is 5.59. The van der Waals surface area contributed by atoms with Crippen molar-refractivity contribution in [2.24, 2.45) is 11.8 Å². The first-order valence-electron chi connectivity index (χ1n) is 15.0. The van der Waals surface area contributed by atoms with Gasteiger partial charge in [0.05, 0.1) is 23.8 Å². The number of aromatic nitrogens is 5. The van der Waals surface area contributed by atoms with E-state index in [0.29, 0.717) is 12.5 Å². The summed E-state index contributed by atoms with van der Waals surface area (Å²) in [6, 6.07) is 6.19. The highest BCUT2D eigenvalue weighted by molar-refractivity contribution is 5.87. The van der Waals surface area contributed by atoms with Gasteiger partial charge < -0.3 is 14.7 Å². The summed E-state index contributed by atoms with van der Waals surface area (Å²) in [5.74, 6) is 2.19. The van der Waals surface area contributed by atoms with Gasteiger partial charge in [0.25, 0.3) is 0 Å². The maximum Gasteiger partial charge on any atom is 0.225 e. The van der Waals surface area contributed by atoms with Crippen molar-refractivity contribution in [1.29, 1.82) is 0 Å². The van der Waals surface area contributed by atoms with E-state index in [-0.39, 0.29) is 5.92 Å². The number of anilines is 1. The number of nitrogens with zero attached hydrogens (tertiary/aromatic N) is 8. The summed E-state index contributed by atoms with van der Waals surface area (Å²) in [6.45, 7) is 13.7. The summed E-state index contributed by atoms with van der Waals surface area (Å²) in [4.78, 5) is 34.2. The van der Waals surface area contributed by atoms with Crippen LogP contribution in [0.1, 0.15) is 64.3 Å². The Bertz CT molecular complexity index is 1220. The fourth-order valence-electron chi connectivity index (χ4n) is 6.25. The number of hydrogen-bond donors (Lipinski definition) is 0. The topological polar surface area (TPSA) is 83.3 Å². The van der Waals surface area contributed by atoms with Gasteiger partial charge in [-0.25, -0.2) is 14.6 Å². The fourth-order valence-corrected chi connectivity index (χ4v) is 6.25. The Morgan fingerprint density at radius 1 is 0.974 bits per heavy atom. The van der Waals surface area contributed by atoms with Crippen molar-refractivity contribution in [1.82, 2.24) is 34.5 Å². The van der Waals surface area contributed by atoms with E-state index in [0.717, 1.165) is 99.1 Å². The monoisotopic (exact) mass is 532 g/mol. The second-order valence-electron chi connectivity index (χ2n) is 11.1. The first-order chi connectivity index (χ1) is 19.1. The number of hydrogen-bond acceptors (Lipinski definition) is 7. The van der Waals surface area contributed by atoms with Crippen LogP contribution in [0.25, 0.3) is 11.0 Å². The number of carbonyl (C=O) groups is 1. The maximum absolute atomic E-state index is 13.3. The van der Waals surface area contributed by atoms with E-state index in [1.165, 1.54) is 19.4 Å². The molecule has 0 radical (unpaired) electrons. The molecular formula is C30H44N8O. The van der Waals surface area contributed by atoms with Crippen molar-refractivity contribution in [3.63, 3.8) is 0 Å². The van der Waals surface area contributed by atoms with Gasteiger partial charge in [0.2, 0.25) is 5.91 Å². The highest BCUT2D eigenvalue weighted by Crippen LogP contribution is 2.31. The summed E-state index contributed by atoms with van der Waals surface area (Å²) < 4.78 is 1.91. The number of aryl methyl sites for hydroxylation is 1. The van der Waals surface area contributed by atoms with Crippen LogP contribution >= 0.6 is 0 Å². The molecule has 39 heavy (non-hydrogen) atoms. The normalized spacial score (nSPS) is 20.2. The zero-order chi connectivity index (χ0) is 27.2. The molecule has 0 spiro atoms. The lowest BCUT2D eigenvalue weighted by Crippen LogP contribution is -2.51. The molecule has 210 valence electrons. The van der Waals surface area contributed by atoms with Crippen LogP contribution in [-0.2, 0) is 17.8 Å². The van der Waals surface area contributed by atoms with Crippen LogP contribution < -0.4 is 4.90 Å². The molecule has 1 amide bonds. The lowest BCUT2D eigenvalue weighted by molar-refractivity contribution is -0.137. The zero-order valence-electron chi connectivity index (χ0n) is 23.9. The Balaban J connectivity index is 1.18. The Morgan fingerprint density at radius 2 is 1.72 bits per heavy atom. The predicted octanol–water partition coefficient (Wildman–Crippen LogP) is 4.02. The lowest BCUT2D eigenvalue weighted by atomic mass is 9.81. The second-order valence-corrected chi connectivity index (χ2v) is 11.1. The number of rotatable bonds is 10. The summed E-state index contributed by atoms with van der Waals surface area (Å²) >= 11 is 0. The lowest BCUT2D eigenvalue weighted by Gasteiger charge is -2.38. The average molecular weight is 533 g/mol. The van der Waals surface area contributed by atoms with Gasteiger partial charge in [0.1, 0.15) is 12.1 Å². The summed E-state index contributed by atoms with van der Waals surface area (Å²) in [6.07, 6.45) is 9.98. The number of carbonyl (C=O) groups excluding carboxylic acids is 1. The van der Waals surface area contributed by atoms with Crippen molar-refractivity contribution in [3.05, 3.63) is 42.1 Å². The molecule has 0 atom stereocenters. The number of pyridine rings is 1. The SMILES string of the molecule is CCCc1cccc(Cn2ncc3c(N4CCN(C(=O)C5CCC(CN(CC)CC)CC5)CC4)ncnc32)n1. The Labute approximate surface area is 232 Å². The molecule has 1 saturated heterocycles. The van der Waals surface area contributed by atoms with Gasteiger partial charge in [-0.05, 0) is 63.2 Å². The summed E-state index contributed by atoms with van der Waals surface area (Å²) in [7, 11) is 0. The molecule has 0 bridgehead atoms. The third-order valence-corrected chi connectivity index (χ3v) is 8.59. The quantitative estimate of drug-likeness (QED) is 0.390. The van der Waals surface area contributed by atoms with Crippen LogP contribution in [0.2, 0.25) is 0 Å². The van der Waals surface area contributed by atoms with Crippen LogP contribution in [0.5, 0.6) is 0 Å². The number of fused-ring (bicyclic) bond motifs is 1. The first kappa shape index (κ1) is 27.5. The van der Waals surface area contributed by atoms with Crippen LogP contribution in [0.15, 0.2) is 30.7 Å². The van der Waals surface area contributed by atoms with Gasteiger partial charge in [-0.3, -0.25) is 9.78 Å². The van der Waals surface area contributed by atoms with E-state index in [4.69, 9.17) is 4.98 Å². The Morgan fingerprint density at radius 3 is 2.44 bits per heavy atom. The molecule has 9 heteroatoms. The molecular weight excluding hydrogens is 488 g/mol. The molecule has 1 aliphatic heterocycles. The van der Waals surface area contributed by atoms with E-state index in [1.807, 2.05) is 16.9 Å². The second kappa shape index (κ2) is 12.9. The molecule has 5 rings (SSSR count). The minimum absolute atomic E-state index is 0.193. The fraction of sp³-hybridized carbons (Fsp3) is 0.633. The van der Waals surface area contributed by atoms with E-state index in [9.17, 15) is 4.79 Å². The third-order valence-electron chi connectivity index (χ3n) is 8.59. The van der Waals surface area contributed by atoms with Crippen molar-refractivity contribution >= 4 is 22.8 Å². The minimum Gasteiger partial charge on any atom is -0.352 e. The van der Waals surface area contributed by atoms with E-state index < -0.39 is 0 Å². The van der Waals surface area contributed by atoms with Crippen LogP contribution in [0.4, 0.5) is 5.82 Å². The van der Waals surface area contributed by atoms with Crippen molar-refractivity contribution < 1.29 is 4.79 Å². The highest BCUT2D eigenvalue weighted by Gasteiger charge is 2.32. The van der Waals surface area contributed by atoms with Gasteiger partial charge >= 0.3 is 0 Å². The number of amides is 1. The highest BCUT2D eigenvalue weighted by atomic mass is 16.2. The Kier molecular flexibility index (Phi) is 9.06. The molecule has 0 aromatic carbocycles. The predicted molar refractivity (Wildman–Crippen MR) is 155 cm³/mol. The van der Waals surface area contributed by atoms with Crippen LogP contribution in [0.3, 0.4) is 0 Å².